The fourth-order valence-corrected chi connectivity index (χ4v) is 2.83. The quantitative estimate of drug-likeness (QED) is 0.794. The van der Waals surface area contributed by atoms with Crippen LogP contribution in [-0.2, 0) is 0 Å². The summed E-state index contributed by atoms with van der Waals surface area (Å²) in [5.41, 5.74) is 0. The molecule has 0 bridgehead atoms. The highest BCUT2D eigenvalue weighted by molar-refractivity contribution is 5.20. The number of ether oxygens (including phenoxy) is 1. The van der Waals surface area contributed by atoms with E-state index in [4.69, 9.17) is 4.74 Å². The van der Waals surface area contributed by atoms with Gasteiger partial charge >= 0.3 is 0 Å². The van der Waals surface area contributed by atoms with Gasteiger partial charge in [-0.05, 0) is 50.3 Å². The van der Waals surface area contributed by atoms with Gasteiger partial charge in [-0.2, -0.15) is 0 Å². The molecule has 1 aliphatic rings. The molecule has 1 aliphatic carbocycles. The summed E-state index contributed by atoms with van der Waals surface area (Å²) in [6, 6.07) is 10.9. The van der Waals surface area contributed by atoms with Crippen LogP contribution in [-0.4, -0.2) is 19.2 Å². The van der Waals surface area contributed by atoms with Gasteiger partial charge < -0.3 is 10.1 Å². The van der Waals surface area contributed by atoms with Gasteiger partial charge in [0.1, 0.15) is 5.75 Å². The number of hydrogen-bond acceptors (Lipinski definition) is 2. The summed E-state index contributed by atoms with van der Waals surface area (Å²) >= 11 is 0. The molecule has 0 saturated heterocycles. The largest absolute Gasteiger partial charge is 0.494 e. The molecule has 0 aliphatic heterocycles. The van der Waals surface area contributed by atoms with Gasteiger partial charge in [0.15, 0.2) is 0 Å². The molecule has 18 heavy (non-hydrogen) atoms. The minimum absolute atomic E-state index is 0.726. The zero-order valence-electron chi connectivity index (χ0n) is 11.4. The molecule has 1 aromatic rings. The molecule has 0 heterocycles. The van der Waals surface area contributed by atoms with Crippen molar-refractivity contribution >= 4 is 0 Å². The molecule has 2 unspecified atom stereocenters. The fraction of sp³-hybridized carbons (Fsp3) is 0.625. The highest BCUT2D eigenvalue weighted by Gasteiger charge is 2.26. The molecule has 0 spiro atoms. The zero-order valence-corrected chi connectivity index (χ0v) is 11.4. The predicted molar refractivity (Wildman–Crippen MR) is 76.0 cm³/mol. The van der Waals surface area contributed by atoms with Crippen LogP contribution in [0.5, 0.6) is 5.75 Å². The molecular weight excluding hydrogens is 222 g/mol. The molecule has 2 atom stereocenters. The first-order chi connectivity index (χ1) is 8.90. The van der Waals surface area contributed by atoms with Gasteiger partial charge in [0, 0.05) is 6.04 Å². The molecule has 1 N–H and O–H groups in total. The highest BCUT2D eigenvalue weighted by atomic mass is 16.5. The maximum Gasteiger partial charge on any atom is 0.119 e. The van der Waals surface area contributed by atoms with Crippen molar-refractivity contribution < 1.29 is 4.74 Å². The summed E-state index contributed by atoms with van der Waals surface area (Å²) in [5, 5.41) is 3.67. The van der Waals surface area contributed by atoms with E-state index in [0.717, 1.165) is 30.9 Å². The second kappa shape index (κ2) is 7.42. The summed E-state index contributed by atoms with van der Waals surface area (Å²) < 4.78 is 5.79. The Morgan fingerprint density at radius 3 is 2.83 bits per heavy atom. The molecule has 0 amide bonds. The van der Waals surface area contributed by atoms with Crippen LogP contribution in [0.3, 0.4) is 0 Å². The van der Waals surface area contributed by atoms with Gasteiger partial charge in [-0.15, -0.1) is 0 Å². The second-order valence-electron chi connectivity index (χ2n) is 5.20. The number of rotatable bonds is 7. The lowest BCUT2D eigenvalue weighted by Crippen LogP contribution is -2.33. The van der Waals surface area contributed by atoms with E-state index < -0.39 is 0 Å². The Balaban J connectivity index is 1.69. The number of para-hydroxylation sites is 1. The van der Waals surface area contributed by atoms with Crippen LogP contribution in [0.15, 0.2) is 30.3 Å². The molecule has 1 saturated carbocycles. The summed E-state index contributed by atoms with van der Waals surface area (Å²) in [6.07, 6.45) is 6.48. The van der Waals surface area contributed by atoms with E-state index in [-0.39, 0.29) is 0 Å². The fourth-order valence-electron chi connectivity index (χ4n) is 2.83. The highest BCUT2D eigenvalue weighted by Crippen LogP contribution is 2.28. The van der Waals surface area contributed by atoms with Gasteiger partial charge in [0.05, 0.1) is 6.61 Å². The lowest BCUT2D eigenvalue weighted by Gasteiger charge is -2.20. The first-order valence-electron chi connectivity index (χ1n) is 7.31. The van der Waals surface area contributed by atoms with E-state index in [9.17, 15) is 0 Å². The van der Waals surface area contributed by atoms with Crippen LogP contribution >= 0.6 is 0 Å². The van der Waals surface area contributed by atoms with Gasteiger partial charge in [-0.25, -0.2) is 0 Å². The average Bonchev–Trinajstić information content (AvgIpc) is 2.85. The lowest BCUT2D eigenvalue weighted by atomic mass is 10.00. The monoisotopic (exact) mass is 247 g/mol. The Kier molecular flexibility index (Phi) is 5.53. The summed E-state index contributed by atoms with van der Waals surface area (Å²) in [7, 11) is 0. The van der Waals surface area contributed by atoms with Crippen LogP contribution in [0.4, 0.5) is 0 Å². The van der Waals surface area contributed by atoms with Crippen LogP contribution in [0, 0.1) is 5.92 Å². The predicted octanol–water partition coefficient (Wildman–Crippen LogP) is 3.62. The van der Waals surface area contributed by atoms with E-state index in [1.165, 1.54) is 32.1 Å². The van der Waals surface area contributed by atoms with E-state index in [1.54, 1.807) is 0 Å². The molecule has 0 radical (unpaired) electrons. The van der Waals surface area contributed by atoms with Crippen molar-refractivity contribution in [1.29, 1.82) is 0 Å². The Labute approximate surface area is 111 Å². The SMILES string of the molecule is CCCNC1CCCC1CCOc1ccccc1. The molecule has 2 rings (SSSR count). The first-order valence-corrected chi connectivity index (χ1v) is 7.31. The molecule has 100 valence electrons. The van der Waals surface area contributed by atoms with Crippen molar-refractivity contribution in [2.75, 3.05) is 13.2 Å². The summed E-state index contributed by atoms with van der Waals surface area (Å²) in [6.45, 7) is 4.23. The Morgan fingerprint density at radius 1 is 1.22 bits per heavy atom. The van der Waals surface area contributed by atoms with Crippen molar-refractivity contribution in [2.24, 2.45) is 5.92 Å². The first kappa shape index (κ1) is 13.4. The van der Waals surface area contributed by atoms with Crippen LogP contribution in [0.1, 0.15) is 39.0 Å². The molecule has 0 aromatic heterocycles. The third-order valence-corrected chi connectivity index (χ3v) is 3.82. The number of benzene rings is 1. The van der Waals surface area contributed by atoms with Gasteiger partial charge in [0.25, 0.3) is 0 Å². The van der Waals surface area contributed by atoms with Crippen LogP contribution in [0.2, 0.25) is 0 Å². The molecule has 2 nitrogen and oxygen atoms in total. The van der Waals surface area contributed by atoms with Crippen molar-refractivity contribution in [3.05, 3.63) is 30.3 Å². The minimum Gasteiger partial charge on any atom is -0.494 e. The number of hydrogen-bond donors (Lipinski definition) is 1. The third kappa shape index (κ3) is 4.02. The van der Waals surface area contributed by atoms with Crippen LogP contribution in [0.25, 0.3) is 0 Å². The summed E-state index contributed by atoms with van der Waals surface area (Å²) in [4.78, 5) is 0. The minimum atomic E-state index is 0.726. The van der Waals surface area contributed by atoms with Gasteiger partial charge in [-0.3, -0.25) is 0 Å². The van der Waals surface area contributed by atoms with E-state index in [1.807, 2.05) is 30.3 Å². The molecular formula is C16H25NO. The second-order valence-corrected chi connectivity index (χ2v) is 5.20. The molecule has 1 aromatic carbocycles. The van der Waals surface area contributed by atoms with E-state index >= 15 is 0 Å². The lowest BCUT2D eigenvalue weighted by molar-refractivity contribution is 0.260. The third-order valence-electron chi connectivity index (χ3n) is 3.82. The van der Waals surface area contributed by atoms with Crippen molar-refractivity contribution in [3.8, 4) is 5.75 Å². The maximum absolute atomic E-state index is 5.79. The van der Waals surface area contributed by atoms with Gasteiger partial charge in [0.2, 0.25) is 0 Å². The Morgan fingerprint density at radius 2 is 2.06 bits per heavy atom. The van der Waals surface area contributed by atoms with Crippen molar-refractivity contribution in [3.63, 3.8) is 0 Å². The summed E-state index contributed by atoms with van der Waals surface area (Å²) in [5.74, 6) is 1.80. The van der Waals surface area contributed by atoms with Gasteiger partial charge in [-0.1, -0.05) is 31.5 Å². The smallest absolute Gasteiger partial charge is 0.119 e. The van der Waals surface area contributed by atoms with E-state index in [0.29, 0.717) is 0 Å². The van der Waals surface area contributed by atoms with Crippen molar-refractivity contribution in [1.82, 2.24) is 5.32 Å². The topological polar surface area (TPSA) is 21.3 Å². The normalized spacial score (nSPS) is 23.2. The van der Waals surface area contributed by atoms with Crippen molar-refractivity contribution in [2.45, 2.75) is 45.1 Å². The van der Waals surface area contributed by atoms with Crippen LogP contribution < -0.4 is 10.1 Å². The maximum atomic E-state index is 5.79. The Bertz CT molecular complexity index is 325. The average molecular weight is 247 g/mol. The number of nitrogens with one attached hydrogen (secondary N) is 1. The molecule has 2 heteroatoms. The molecule has 1 fully saturated rings. The van der Waals surface area contributed by atoms with E-state index in [2.05, 4.69) is 12.2 Å². The Hall–Kier alpha value is -1.02. The standard InChI is InChI=1S/C16H25NO/c1-2-12-17-16-10-6-7-14(16)11-13-18-15-8-4-3-5-9-15/h3-5,8-9,14,16-17H,2,6-7,10-13H2,1H3. The zero-order chi connectivity index (χ0) is 12.6.